The van der Waals surface area contributed by atoms with Crippen molar-refractivity contribution in [3.8, 4) is 0 Å². The van der Waals surface area contributed by atoms with Crippen LogP contribution in [-0.2, 0) is 27.3 Å². The van der Waals surface area contributed by atoms with Crippen molar-refractivity contribution in [2.24, 2.45) is 0 Å². The minimum Gasteiger partial charge on any atom is -0.379 e. The molecular weight excluding hydrogens is 486 g/mol. The number of nitrogens with one attached hydrogen (secondary N) is 1. The summed E-state index contributed by atoms with van der Waals surface area (Å²) in [6.45, 7) is 4.71. The highest BCUT2D eigenvalue weighted by Crippen LogP contribution is 2.25. The molecule has 3 aromatic carbocycles. The maximum absolute atomic E-state index is 13.7. The molecule has 0 aromatic heterocycles. The molecule has 6 nitrogen and oxygen atoms in total. The van der Waals surface area contributed by atoms with Gasteiger partial charge in [-0.05, 0) is 35.2 Å². The number of ether oxygens (including phenoxy) is 1. The molecule has 2 amide bonds. The fourth-order valence-electron chi connectivity index (χ4n) is 4.52. The highest BCUT2D eigenvalue weighted by Gasteiger charge is 2.31. The molecule has 0 saturated carbocycles. The largest absolute Gasteiger partial charge is 0.379 e. The third-order valence-electron chi connectivity index (χ3n) is 6.56. The van der Waals surface area contributed by atoms with Gasteiger partial charge in [-0.15, -0.1) is 0 Å². The number of rotatable bonds is 11. The summed E-state index contributed by atoms with van der Waals surface area (Å²) >= 11 is 6.10. The fourth-order valence-corrected chi connectivity index (χ4v) is 4.64. The van der Waals surface area contributed by atoms with E-state index in [0.29, 0.717) is 44.2 Å². The summed E-state index contributed by atoms with van der Waals surface area (Å²) in [5, 5.41) is 3.73. The zero-order valence-corrected chi connectivity index (χ0v) is 21.8. The van der Waals surface area contributed by atoms with E-state index in [2.05, 4.69) is 10.2 Å². The van der Waals surface area contributed by atoms with Crippen LogP contribution in [0.1, 0.15) is 29.2 Å². The zero-order chi connectivity index (χ0) is 25.9. The van der Waals surface area contributed by atoms with Gasteiger partial charge >= 0.3 is 0 Å². The Morgan fingerprint density at radius 2 is 1.54 bits per heavy atom. The molecule has 1 unspecified atom stereocenters. The van der Waals surface area contributed by atoms with Crippen molar-refractivity contribution < 1.29 is 14.3 Å². The van der Waals surface area contributed by atoms with Gasteiger partial charge in [0, 0.05) is 44.2 Å². The Labute approximate surface area is 224 Å². The molecule has 1 aliphatic rings. The smallest absolute Gasteiger partial charge is 0.247 e. The van der Waals surface area contributed by atoms with Crippen LogP contribution in [0.15, 0.2) is 84.9 Å². The topological polar surface area (TPSA) is 61.9 Å². The molecule has 7 heteroatoms. The number of hydrogen-bond donors (Lipinski definition) is 1. The van der Waals surface area contributed by atoms with Crippen LogP contribution in [0.3, 0.4) is 0 Å². The molecule has 1 fully saturated rings. The predicted octanol–water partition coefficient (Wildman–Crippen LogP) is 4.49. The first-order valence-electron chi connectivity index (χ1n) is 12.8. The fraction of sp³-hybridized carbons (Fsp3) is 0.333. The summed E-state index contributed by atoms with van der Waals surface area (Å²) < 4.78 is 5.42. The van der Waals surface area contributed by atoms with Gasteiger partial charge in [-0.1, -0.05) is 84.4 Å². The van der Waals surface area contributed by atoms with Crippen LogP contribution < -0.4 is 5.32 Å². The molecule has 37 heavy (non-hydrogen) atoms. The van der Waals surface area contributed by atoms with E-state index in [1.807, 2.05) is 84.9 Å². The normalized spacial score (nSPS) is 14.6. The molecule has 1 N–H and O–H groups in total. The molecule has 4 rings (SSSR count). The molecule has 3 aromatic rings. The Morgan fingerprint density at radius 1 is 0.892 bits per heavy atom. The van der Waals surface area contributed by atoms with Crippen LogP contribution >= 0.6 is 11.6 Å². The van der Waals surface area contributed by atoms with E-state index in [0.717, 1.165) is 36.3 Å². The maximum Gasteiger partial charge on any atom is 0.247 e. The number of nitrogens with zero attached hydrogens (tertiary/aromatic N) is 2. The number of aryl methyl sites for hydroxylation is 1. The van der Waals surface area contributed by atoms with Crippen LogP contribution in [0.5, 0.6) is 0 Å². The number of benzene rings is 3. The average molecular weight is 520 g/mol. The van der Waals surface area contributed by atoms with Crippen LogP contribution in [0.4, 0.5) is 0 Å². The summed E-state index contributed by atoms with van der Waals surface area (Å²) in [5.74, 6) is -0.252. The van der Waals surface area contributed by atoms with E-state index >= 15 is 0 Å². The molecule has 0 spiro atoms. The second-order valence-electron chi connectivity index (χ2n) is 9.19. The van der Waals surface area contributed by atoms with E-state index in [9.17, 15) is 9.59 Å². The summed E-state index contributed by atoms with van der Waals surface area (Å²) in [6, 6.07) is 26.2. The van der Waals surface area contributed by atoms with Gasteiger partial charge in [-0.25, -0.2) is 0 Å². The highest BCUT2D eigenvalue weighted by atomic mass is 35.5. The monoisotopic (exact) mass is 519 g/mol. The lowest BCUT2D eigenvalue weighted by Gasteiger charge is -2.32. The molecule has 1 aliphatic heterocycles. The second-order valence-corrected chi connectivity index (χ2v) is 9.63. The molecule has 1 heterocycles. The van der Waals surface area contributed by atoms with E-state index in [4.69, 9.17) is 16.3 Å². The van der Waals surface area contributed by atoms with Gasteiger partial charge in [0.1, 0.15) is 6.04 Å². The Hall–Kier alpha value is -3.19. The first-order chi connectivity index (χ1) is 18.1. The van der Waals surface area contributed by atoms with Crippen molar-refractivity contribution in [1.29, 1.82) is 0 Å². The van der Waals surface area contributed by atoms with Crippen molar-refractivity contribution in [3.63, 3.8) is 0 Å². The van der Waals surface area contributed by atoms with Crippen LogP contribution in [0.25, 0.3) is 0 Å². The number of halogens is 1. The highest BCUT2D eigenvalue weighted by molar-refractivity contribution is 6.30. The average Bonchev–Trinajstić information content (AvgIpc) is 2.94. The third kappa shape index (κ3) is 8.15. The maximum atomic E-state index is 13.7. The van der Waals surface area contributed by atoms with E-state index in [1.54, 1.807) is 4.90 Å². The zero-order valence-electron chi connectivity index (χ0n) is 21.0. The van der Waals surface area contributed by atoms with Crippen molar-refractivity contribution in [1.82, 2.24) is 15.1 Å². The Kier molecular flexibility index (Phi) is 10.1. The minimum absolute atomic E-state index is 0.0732. The Morgan fingerprint density at radius 3 is 2.22 bits per heavy atom. The van der Waals surface area contributed by atoms with E-state index in [-0.39, 0.29) is 11.8 Å². The van der Waals surface area contributed by atoms with Gasteiger partial charge in [0.2, 0.25) is 11.8 Å². The number of hydrogen-bond acceptors (Lipinski definition) is 4. The summed E-state index contributed by atoms with van der Waals surface area (Å²) in [6.07, 6.45) is 0.916. The van der Waals surface area contributed by atoms with Gasteiger partial charge in [0.05, 0.1) is 13.2 Å². The number of morpholine rings is 1. The third-order valence-corrected chi connectivity index (χ3v) is 6.82. The van der Waals surface area contributed by atoms with Crippen molar-refractivity contribution >= 4 is 23.4 Å². The van der Waals surface area contributed by atoms with Gasteiger partial charge in [-0.3, -0.25) is 14.5 Å². The Bertz CT molecular complexity index is 1120. The van der Waals surface area contributed by atoms with Gasteiger partial charge in [-0.2, -0.15) is 0 Å². The van der Waals surface area contributed by atoms with Crippen LogP contribution in [-0.4, -0.2) is 61.0 Å². The lowest BCUT2D eigenvalue weighted by Crippen LogP contribution is -2.46. The summed E-state index contributed by atoms with van der Waals surface area (Å²) in [4.78, 5) is 31.4. The lowest BCUT2D eigenvalue weighted by molar-refractivity contribution is -0.141. The predicted molar refractivity (Wildman–Crippen MR) is 146 cm³/mol. The van der Waals surface area contributed by atoms with Gasteiger partial charge < -0.3 is 15.0 Å². The quantitative estimate of drug-likeness (QED) is 0.405. The summed E-state index contributed by atoms with van der Waals surface area (Å²) in [7, 11) is 0. The van der Waals surface area contributed by atoms with Crippen molar-refractivity contribution in [2.75, 3.05) is 39.4 Å². The molecule has 0 radical (unpaired) electrons. The SMILES string of the molecule is O=C(NCCN1CCOCC1)C(c1ccccc1)N(Cc1ccc(Cl)cc1)C(=O)CCc1ccccc1. The van der Waals surface area contributed by atoms with E-state index in [1.165, 1.54) is 0 Å². The van der Waals surface area contributed by atoms with E-state index < -0.39 is 6.04 Å². The number of carbonyl (C=O) groups is 2. The standard InChI is InChI=1S/C30H34ClN3O3/c31-27-14-11-25(12-15-27)23-34(28(35)16-13-24-7-3-1-4-8-24)29(26-9-5-2-6-10-26)30(36)32-17-18-33-19-21-37-22-20-33/h1-12,14-15,29H,13,16-23H2,(H,32,36). The van der Waals surface area contributed by atoms with Crippen molar-refractivity contribution in [3.05, 3.63) is 107 Å². The van der Waals surface area contributed by atoms with Crippen LogP contribution in [0.2, 0.25) is 5.02 Å². The molecule has 0 bridgehead atoms. The number of carbonyl (C=O) groups excluding carboxylic acids is 2. The van der Waals surface area contributed by atoms with Crippen LogP contribution in [0, 0.1) is 0 Å². The van der Waals surface area contributed by atoms with Gasteiger partial charge in [0.25, 0.3) is 0 Å². The van der Waals surface area contributed by atoms with Crippen molar-refractivity contribution in [2.45, 2.75) is 25.4 Å². The molecule has 194 valence electrons. The molecule has 1 saturated heterocycles. The van der Waals surface area contributed by atoms with Gasteiger partial charge in [0.15, 0.2) is 0 Å². The Balaban J connectivity index is 1.55. The summed E-state index contributed by atoms with van der Waals surface area (Å²) in [5.41, 5.74) is 2.79. The minimum atomic E-state index is -0.746. The second kappa shape index (κ2) is 13.9. The number of amides is 2. The molecule has 1 atom stereocenters. The first kappa shape index (κ1) is 26.9. The first-order valence-corrected chi connectivity index (χ1v) is 13.2. The molecule has 0 aliphatic carbocycles. The lowest BCUT2D eigenvalue weighted by atomic mass is 10.0. The molecular formula is C30H34ClN3O3.